The molecule has 0 aromatic heterocycles. The molecule has 3 amide bonds. The molecule has 2 rings (SSSR count). The van der Waals surface area contributed by atoms with Crippen LogP contribution in [0.2, 0.25) is 10.0 Å². The number of carbonyl (C=O) groups excluding carboxylic acids is 2. The lowest BCUT2D eigenvalue weighted by Crippen LogP contribution is -2.46. The summed E-state index contributed by atoms with van der Waals surface area (Å²) >= 11 is 11.7. The molecular weight excluding hydrogens is 327 g/mol. The first kappa shape index (κ1) is 16.9. The van der Waals surface area contributed by atoms with Gasteiger partial charge in [0.05, 0.1) is 5.02 Å². The molecule has 0 saturated heterocycles. The second-order valence-corrected chi connectivity index (χ2v) is 6.06. The Morgan fingerprint density at radius 1 is 1.18 bits per heavy atom. The summed E-state index contributed by atoms with van der Waals surface area (Å²) in [5.41, 5.74) is 0. The van der Waals surface area contributed by atoms with E-state index >= 15 is 0 Å². The van der Waals surface area contributed by atoms with Crippen molar-refractivity contribution < 1.29 is 14.3 Å². The second kappa shape index (κ2) is 8.25. The molecule has 2 N–H and O–H groups in total. The Labute approximate surface area is 139 Å². The molecule has 0 atom stereocenters. The van der Waals surface area contributed by atoms with Gasteiger partial charge in [-0.2, -0.15) is 0 Å². The van der Waals surface area contributed by atoms with E-state index in [1.54, 1.807) is 12.1 Å². The van der Waals surface area contributed by atoms with Crippen LogP contribution in [0, 0.1) is 0 Å². The van der Waals surface area contributed by atoms with Crippen LogP contribution in [0.25, 0.3) is 0 Å². The zero-order valence-corrected chi connectivity index (χ0v) is 13.5. The summed E-state index contributed by atoms with van der Waals surface area (Å²) in [6, 6.07) is 4.36. The molecule has 1 aromatic rings. The van der Waals surface area contributed by atoms with E-state index in [0.717, 1.165) is 25.7 Å². The van der Waals surface area contributed by atoms with Crippen molar-refractivity contribution in [1.29, 1.82) is 0 Å². The zero-order chi connectivity index (χ0) is 15.9. The van der Waals surface area contributed by atoms with Gasteiger partial charge in [0.2, 0.25) is 0 Å². The van der Waals surface area contributed by atoms with Crippen LogP contribution < -0.4 is 15.4 Å². The zero-order valence-electron chi connectivity index (χ0n) is 12.0. The summed E-state index contributed by atoms with van der Waals surface area (Å²) in [5, 5.41) is 5.84. The maximum absolute atomic E-state index is 11.7. The van der Waals surface area contributed by atoms with Gasteiger partial charge in [-0.25, -0.2) is 4.79 Å². The van der Waals surface area contributed by atoms with Crippen molar-refractivity contribution in [3.05, 3.63) is 28.2 Å². The van der Waals surface area contributed by atoms with E-state index in [-0.39, 0.29) is 12.6 Å². The number of rotatable bonds is 4. The largest absolute Gasteiger partial charge is 0.482 e. The predicted octanol–water partition coefficient (Wildman–Crippen LogP) is 3.53. The Morgan fingerprint density at radius 2 is 1.91 bits per heavy atom. The van der Waals surface area contributed by atoms with Gasteiger partial charge in [-0.3, -0.25) is 10.1 Å². The SMILES string of the molecule is O=C(COc1cc(Cl)ccc1Cl)NC(=O)NC1CCCCC1. The van der Waals surface area contributed by atoms with E-state index in [9.17, 15) is 9.59 Å². The van der Waals surface area contributed by atoms with Gasteiger partial charge >= 0.3 is 6.03 Å². The third-order valence-electron chi connectivity index (χ3n) is 3.45. The van der Waals surface area contributed by atoms with Gasteiger partial charge in [0, 0.05) is 17.1 Å². The number of hydrogen-bond acceptors (Lipinski definition) is 3. The average Bonchev–Trinajstić information content (AvgIpc) is 2.49. The molecule has 1 aliphatic rings. The average molecular weight is 345 g/mol. The minimum atomic E-state index is -0.538. The number of amides is 3. The Hall–Kier alpha value is -1.46. The normalized spacial score (nSPS) is 15.2. The molecule has 0 radical (unpaired) electrons. The molecular formula is C15H18Cl2N2O3. The van der Waals surface area contributed by atoms with Crippen molar-refractivity contribution >= 4 is 35.1 Å². The van der Waals surface area contributed by atoms with Gasteiger partial charge in [-0.1, -0.05) is 42.5 Å². The molecule has 22 heavy (non-hydrogen) atoms. The first-order valence-corrected chi connectivity index (χ1v) is 7.98. The van der Waals surface area contributed by atoms with Crippen LogP contribution >= 0.6 is 23.2 Å². The number of imide groups is 1. The number of benzene rings is 1. The molecule has 0 aliphatic heterocycles. The minimum Gasteiger partial charge on any atom is -0.482 e. The number of halogens is 2. The number of hydrogen-bond donors (Lipinski definition) is 2. The molecule has 7 heteroatoms. The van der Waals surface area contributed by atoms with E-state index in [1.165, 1.54) is 12.5 Å². The molecule has 0 bridgehead atoms. The smallest absolute Gasteiger partial charge is 0.321 e. The van der Waals surface area contributed by atoms with Crippen LogP contribution in [0.4, 0.5) is 4.79 Å². The first-order chi connectivity index (χ1) is 10.5. The highest BCUT2D eigenvalue weighted by Crippen LogP contribution is 2.27. The summed E-state index contributed by atoms with van der Waals surface area (Å²) in [6.07, 6.45) is 5.32. The van der Waals surface area contributed by atoms with E-state index in [0.29, 0.717) is 15.8 Å². The molecule has 5 nitrogen and oxygen atoms in total. The summed E-state index contributed by atoms with van der Waals surface area (Å²) in [5.74, 6) is -0.235. The lowest BCUT2D eigenvalue weighted by molar-refractivity contribution is -0.122. The number of urea groups is 1. The van der Waals surface area contributed by atoms with E-state index < -0.39 is 11.9 Å². The topological polar surface area (TPSA) is 67.4 Å². The Morgan fingerprint density at radius 3 is 2.64 bits per heavy atom. The number of carbonyl (C=O) groups is 2. The quantitative estimate of drug-likeness (QED) is 0.877. The molecule has 1 aliphatic carbocycles. The van der Waals surface area contributed by atoms with Crippen molar-refractivity contribution in [1.82, 2.24) is 10.6 Å². The summed E-state index contributed by atoms with van der Waals surface area (Å²) < 4.78 is 5.26. The van der Waals surface area contributed by atoms with Gasteiger partial charge in [-0.05, 0) is 25.0 Å². The van der Waals surface area contributed by atoms with Gasteiger partial charge in [0.15, 0.2) is 6.61 Å². The summed E-state index contributed by atoms with van der Waals surface area (Å²) in [4.78, 5) is 23.4. The first-order valence-electron chi connectivity index (χ1n) is 7.23. The minimum absolute atomic E-state index is 0.143. The van der Waals surface area contributed by atoms with Crippen LogP contribution in [0.1, 0.15) is 32.1 Å². The van der Waals surface area contributed by atoms with Crippen LogP contribution in [0.15, 0.2) is 18.2 Å². The molecule has 0 heterocycles. The van der Waals surface area contributed by atoms with Gasteiger partial charge < -0.3 is 10.1 Å². The second-order valence-electron chi connectivity index (χ2n) is 5.22. The van der Waals surface area contributed by atoms with Crippen molar-refractivity contribution in [2.24, 2.45) is 0 Å². The van der Waals surface area contributed by atoms with E-state index in [1.807, 2.05) is 0 Å². The summed E-state index contributed by atoms with van der Waals surface area (Å²) in [6.45, 7) is -0.307. The molecule has 1 fully saturated rings. The fourth-order valence-electron chi connectivity index (χ4n) is 2.36. The van der Waals surface area contributed by atoms with Gasteiger partial charge in [0.1, 0.15) is 5.75 Å². The lowest BCUT2D eigenvalue weighted by Gasteiger charge is -2.22. The predicted molar refractivity (Wildman–Crippen MR) is 85.5 cm³/mol. The summed E-state index contributed by atoms with van der Waals surface area (Å²) in [7, 11) is 0. The third kappa shape index (κ3) is 5.39. The lowest BCUT2D eigenvalue weighted by atomic mass is 9.96. The van der Waals surface area contributed by atoms with Gasteiger partial charge in [-0.15, -0.1) is 0 Å². The Kier molecular flexibility index (Phi) is 6.34. The Bertz CT molecular complexity index is 546. The highest BCUT2D eigenvalue weighted by Gasteiger charge is 2.17. The van der Waals surface area contributed by atoms with Crippen molar-refractivity contribution in [3.8, 4) is 5.75 Å². The highest BCUT2D eigenvalue weighted by molar-refractivity contribution is 6.34. The fraction of sp³-hybridized carbons (Fsp3) is 0.467. The maximum Gasteiger partial charge on any atom is 0.321 e. The monoisotopic (exact) mass is 344 g/mol. The van der Waals surface area contributed by atoms with Crippen LogP contribution in [0.5, 0.6) is 5.75 Å². The molecule has 120 valence electrons. The maximum atomic E-state index is 11.7. The molecule has 0 spiro atoms. The highest BCUT2D eigenvalue weighted by atomic mass is 35.5. The van der Waals surface area contributed by atoms with E-state index in [4.69, 9.17) is 27.9 Å². The van der Waals surface area contributed by atoms with E-state index in [2.05, 4.69) is 10.6 Å². The van der Waals surface area contributed by atoms with Crippen LogP contribution in [-0.4, -0.2) is 24.6 Å². The third-order valence-corrected chi connectivity index (χ3v) is 3.99. The fourth-order valence-corrected chi connectivity index (χ4v) is 2.70. The van der Waals surface area contributed by atoms with Crippen molar-refractivity contribution in [3.63, 3.8) is 0 Å². The standard InChI is InChI=1S/C15H18Cl2N2O3/c16-10-6-7-12(17)13(8-10)22-9-14(20)19-15(21)18-11-4-2-1-3-5-11/h6-8,11H,1-5,9H2,(H2,18,19,20,21). The molecule has 1 saturated carbocycles. The van der Waals surface area contributed by atoms with Crippen molar-refractivity contribution in [2.45, 2.75) is 38.1 Å². The number of ether oxygens (including phenoxy) is 1. The van der Waals surface area contributed by atoms with Gasteiger partial charge in [0.25, 0.3) is 5.91 Å². The Balaban J connectivity index is 1.75. The number of nitrogens with one attached hydrogen (secondary N) is 2. The molecule has 1 aromatic carbocycles. The van der Waals surface area contributed by atoms with Crippen LogP contribution in [0.3, 0.4) is 0 Å². The van der Waals surface area contributed by atoms with Crippen molar-refractivity contribution in [2.75, 3.05) is 6.61 Å². The van der Waals surface area contributed by atoms with Crippen LogP contribution in [-0.2, 0) is 4.79 Å². The molecule has 0 unspecified atom stereocenters.